The van der Waals surface area contributed by atoms with Gasteiger partial charge in [-0.3, -0.25) is 14.9 Å². The molecule has 160 valence electrons. The van der Waals surface area contributed by atoms with Gasteiger partial charge < -0.3 is 9.64 Å². The van der Waals surface area contributed by atoms with Crippen molar-refractivity contribution in [2.45, 2.75) is 33.0 Å². The molecule has 0 spiro atoms. The van der Waals surface area contributed by atoms with Crippen molar-refractivity contribution in [2.75, 3.05) is 39.3 Å². The molecule has 2 saturated heterocycles. The summed E-state index contributed by atoms with van der Waals surface area (Å²) in [4.78, 5) is 24.9. The summed E-state index contributed by atoms with van der Waals surface area (Å²) in [7, 11) is -3.63. The summed E-state index contributed by atoms with van der Waals surface area (Å²) >= 11 is 0. The van der Waals surface area contributed by atoms with Crippen molar-refractivity contribution in [2.24, 2.45) is 0 Å². The van der Waals surface area contributed by atoms with Gasteiger partial charge in [-0.15, -0.1) is 0 Å². The molecule has 11 heteroatoms. The van der Waals surface area contributed by atoms with Crippen LogP contribution in [0.25, 0.3) is 0 Å². The van der Waals surface area contributed by atoms with Gasteiger partial charge in [-0.1, -0.05) is 6.07 Å². The van der Waals surface area contributed by atoms with Crippen molar-refractivity contribution in [1.29, 1.82) is 0 Å². The summed E-state index contributed by atoms with van der Waals surface area (Å²) in [5, 5.41) is 11.1. The second kappa shape index (κ2) is 8.34. The minimum atomic E-state index is -3.63. The number of hydrogen-bond donors (Lipinski definition) is 0. The molecule has 1 aromatic rings. The van der Waals surface area contributed by atoms with Gasteiger partial charge in [-0.25, -0.2) is 0 Å². The molecular formula is C18H26N4O6S. The number of piperazine rings is 1. The molecule has 2 fully saturated rings. The SMILES string of the molecule is Cc1ccc(C(=O)N2CCN(S(=O)(=O)N3CC(C)OC(C)C3)CC2)cc1[N+](=O)[O-]. The van der Waals surface area contributed by atoms with Crippen LogP contribution < -0.4 is 0 Å². The van der Waals surface area contributed by atoms with Crippen LogP contribution in [0.15, 0.2) is 18.2 Å². The quantitative estimate of drug-likeness (QED) is 0.525. The highest BCUT2D eigenvalue weighted by Crippen LogP contribution is 2.22. The van der Waals surface area contributed by atoms with Crippen LogP contribution in [0.3, 0.4) is 0 Å². The second-order valence-corrected chi connectivity index (χ2v) is 9.46. The number of rotatable bonds is 4. The number of carbonyl (C=O) groups excluding carboxylic acids is 1. The standard InChI is InChI=1S/C18H26N4O6S/c1-13-4-5-16(10-17(13)22(24)25)18(23)19-6-8-20(9-7-19)29(26,27)21-11-14(2)28-15(3)12-21/h4-5,10,14-15H,6-9,11-12H2,1-3H3. The van der Waals surface area contributed by atoms with Crippen molar-refractivity contribution >= 4 is 21.8 Å². The van der Waals surface area contributed by atoms with E-state index in [-0.39, 0.29) is 55.5 Å². The molecule has 2 atom stereocenters. The van der Waals surface area contributed by atoms with Crippen LogP contribution in [0, 0.1) is 17.0 Å². The smallest absolute Gasteiger partial charge is 0.282 e. The van der Waals surface area contributed by atoms with Crippen molar-refractivity contribution in [3.05, 3.63) is 39.4 Å². The van der Waals surface area contributed by atoms with Gasteiger partial charge in [0.05, 0.1) is 17.1 Å². The second-order valence-electron chi connectivity index (χ2n) is 7.53. The zero-order valence-electron chi connectivity index (χ0n) is 16.8. The molecule has 29 heavy (non-hydrogen) atoms. The van der Waals surface area contributed by atoms with E-state index in [4.69, 9.17) is 4.74 Å². The lowest BCUT2D eigenvalue weighted by Gasteiger charge is -2.40. The topological polar surface area (TPSA) is 113 Å². The highest BCUT2D eigenvalue weighted by atomic mass is 32.2. The first-order chi connectivity index (χ1) is 13.6. The van der Waals surface area contributed by atoms with E-state index in [2.05, 4.69) is 0 Å². The van der Waals surface area contributed by atoms with Crippen LogP contribution in [-0.4, -0.2) is 84.2 Å². The lowest BCUT2D eigenvalue weighted by atomic mass is 10.1. The minimum Gasteiger partial charge on any atom is -0.373 e. The van der Waals surface area contributed by atoms with Gasteiger partial charge in [0.2, 0.25) is 0 Å². The van der Waals surface area contributed by atoms with Crippen LogP contribution in [0.1, 0.15) is 29.8 Å². The Balaban J connectivity index is 1.66. The van der Waals surface area contributed by atoms with Crippen LogP contribution in [0.5, 0.6) is 0 Å². The Bertz CT molecular complexity index is 888. The zero-order valence-corrected chi connectivity index (χ0v) is 17.6. The Hall–Kier alpha value is -2.08. The average molecular weight is 426 g/mol. The van der Waals surface area contributed by atoms with Gasteiger partial charge in [-0.05, 0) is 26.8 Å². The van der Waals surface area contributed by atoms with Gasteiger partial charge in [0.25, 0.3) is 21.8 Å². The zero-order chi connectivity index (χ0) is 21.3. The van der Waals surface area contributed by atoms with Crippen LogP contribution in [0.4, 0.5) is 5.69 Å². The fraction of sp³-hybridized carbons (Fsp3) is 0.611. The monoisotopic (exact) mass is 426 g/mol. The molecule has 0 aromatic heterocycles. The van der Waals surface area contributed by atoms with Gasteiger partial charge >= 0.3 is 0 Å². The number of nitrogens with zero attached hydrogens (tertiary/aromatic N) is 4. The number of aryl methyl sites for hydroxylation is 1. The van der Waals surface area contributed by atoms with E-state index < -0.39 is 15.1 Å². The molecule has 2 heterocycles. The predicted molar refractivity (Wildman–Crippen MR) is 106 cm³/mol. The van der Waals surface area contributed by atoms with Gasteiger partial charge in [0.15, 0.2) is 0 Å². The van der Waals surface area contributed by atoms with Crippen molar-refractivity contribution < 1.29 is 22.9 Å². The molecule has 0 saturated carbocycles. The van der Waals surface area contributed by atoms with Gasteiger partial charge in [0.1, 0.15) is 0 Å². The molecule has 3 rings (SSSR count). The third-order valence-corrected chi connectivity index (χ3v) is 7.19. The van der Waals surface area contributed by atoms with E-state index in [1.807, 2.05) is 13.8 Å². The van der Waals surface area contributed by atoms with Crippen molar-refractivity contribution in [3.8, 4) is 0 Å². The summed E-state index contributed by atoms with van der Waals surface area (Å²) in [6.45, 7) is 6.74. The Morgan fingerprint density at radius 1 is 1.10 bits per heavy atom. The fourth-order valence-electron chi connectivity index (χ4n) is 3.73. The Labute approximate surface area is 170 Å². The summed E-state index contributed by atoms with van der Waals surface area (Å²) in [6, 6.07) is 4.38. The summed E-state index contributed by atoms with van der Waals surface area (Å²) in [5.41, 5.74) is 0.610. The van der Waals surface area contributed by atoms with Gasteiger partial charge in [0, 0.05) is 56.5 Å². The first-order valence-corrected chi connectivity index (χ1v) is 10.9. The lowest BCUT2D eigenvalue weighted by molar-refractivity contribution is -0.385. The first-order valence-electron chi connectivity index (χ1n) is 9.54. The fourth-order valence-corrected chi connectivity index (χ4v) is 5.47. The van der Waals surface area contributed by atoms with Crippen molar-refractivity contribution in [1.82, 2.24) is 13.5 Å². The Morgan fingerprint density at radius 2 is 1.69 bits per heavy atom. The molecule has 0 N–H and O–H groups in total. The van der Waals surface area contributed by atoms with Crippen LogP contribution >= 0.6 is 0 Å². The number of hydrogen-bond acceptors (Lipinski definition) is 6. The number of nitro benzene ring substituents is 1. The van der Waals surface area contributed by atoms with Crippen LogP contribution in [-0.2, 0) is 14.9 Å². The Kier molecular flexibility index (Phi) is 6.22. The maximum Gasteiger partial charge on any atom is 0.282 e. The van der Waals surface area contributed by atoms with E-state index >= 15 is 0 Å². The van der Waals surface area contributed by atoms with E-state index in [1.165, 1.54) is 19.6 Å². The highest BCUT2D eigenvalue weighted by Gasteiger charge is 2.37. The number of carbonyl (C=O) groups is 1. The highest BCUT2D eigenvalue weighted by molar-refractivity contribution is 7.86. The third kappa shape index (κ3) is 4.58. The van der Waals surface area contributed by atoms with E-state index in [0.29, 0.717) is 18.7 Å². The molecule has 0 bridgehead atoms. The lowest BCUT2D eigenvalue weighted by Crippen LogP contribution is -2.57. The molecule has 2 aliphatic heterocycles. The number of nitro groups is 1. The molecule has 2 aliphatic rings. The first kappa shape index (κ1) is 21.6. The van der Waals surface area contributed by atoms with E-state index in [1.54, 1.807) is 19.1 Å². The largest absolute Gasteiger partial charge is 0.373 e. The molecule has 0 aliphatic carbocycles. The third-order valence-electron chi connectivity index (χ3n) is 5.22. The number of amides is 1. The molecule has 10 nitrogen and oxygen atoms in total. The number of benzene rings is 1. The van der Waals surface area contributed by atoms with Crippen molar-refractivity contribution in [3.63, 3.8) is 0 Å². The molecule has 2 unspecified atom stereocenters. The molecule has 0 radical (unpaired) electrons. The molecular weight excluding hydrogens is 400 g/mol. The predicted octanol–water partition coefficient (Wildman–Crippen LogP) is 1.02. The molecule has 1 amide bonds. The van der Waals surface area contributed by atoms with Crippen LogP contribution in [0.2, 0.25) is 0 Å². The van der Waals surface area contributed by atoms with Gasteiger partial charge in [-0.2, -0.15) is 17.0 Å². The maximum atomic E-state index is 13.0. The summed E-state index contributed by atoms with van der Waals surface area (Å²) < 4.78 is 34.3. The normalized spacial score (nSPS) is 24.4. The molecule has 1 aromatic carbocycles. The minimum absolute atomic E-state index is 0.104. The number of morpholine rings is 1. The average Bonchev–Trinajstić information content (AvgIpc) is 2.67. The Morgan fingerprint density at radius 3 is 2.24 bits per heavy atom. The summed E-state index contributed by atoms with van der Waals surface area (Å²) in [5.74, 6) is -0.334. The number of ether oxygens (including phenoxy) is 1. The van der Waals surface area contributed by atoms with E-state index in [0.717, 1.165) is 0 Å². The summed E-state index contributed by atoms with van der Waals surface area (Å²) in [6.07, 6.45) is -0.345. The maximum absolute atomic E-state index is 13.0. The van der Waals surface area contributed by atoms with E-state index in [9.17, 15) is 23.3 Å².